The molecule has 0 aliphatic rings. The van der Waals surface area contributed by atoms with Gasteiger partial charge in [0, 0.05) is 12.8 Å². The molecule has 0 aliphatic carbocycles. The van der Waals surface area contributed by atoms with Crippen LogP contribution in [0.15, 0.2) is 0 Å². The van der Waals surface area contributed by atoms with Gasteiger partial charge in [0.2, 0.25) is 10.2 Å². The van der Waals surface area contributed by atoms with Crippen molar-refractivity contribution >= 4 is 34.3 Å². The number of carbonyl (C=O) groups is 2. The topological polar surface area (TPSA) is 43.4 Å². The zero-order chi connectivity index (χ0) is 10.1. The van der Waals surface area contributed by atoms with Gasteiger partial charge >= 0.3 is 0 Å². The molecular weight excluding hydrogens is 208 g/mol. The zero-order valence-corrected chi connectivity index (χ0v) is 9.50. The molecule has 76 valence electrons. The fourth-order valence-electron chi connectivity index (χ4n) is 0.584. The summed E-state index contributed by atoms with van der Waals surface area (Å²) < 4.78 is 4.80. The van der Waals surface area contributed by atoms with Crippen molar-refractivity contribution in [2.75, 3.05) is 0 Å². The maximum absolute atomic E-state index is 10.9. The van der Waals surface area contributed by atoms with E-state index < -0.39 is 0 Å². The molecule has 0 saturated heterocycles. The van der Waals surface area contributed by atoms with Crippen LogP contribution >= 0.6 is 24.1 Å². The van der Waals surface area contributed by atoms with E-state index in [1.165, 1.54) is 0 Å². The van der Waals surface area contributed by atoms with E-state index in [0.29, 0.717) is 12.8 Å². The largest absolute Gasteiger partial charge is 0.285 e. The smallest absolute Gasteiger partial charge is 0.216 e. The molecule has 3 nitrogen and oxygen atoms in total. The molecule has 0 aliphatic heterocycles. The molecule has 13 heavy (non-hydrogen) atoms. The van der Waals surface area contributed by atoms with Crippen LogP contribution in [0.3, 0.4) is 0 Å². The molecular formula is C8H14O3S2. The summed E-state index contributed by atoms with van der Waals surface area (Å²) in [5, 5.41) is -0.0569. The maximum atomic E-state index is 10.9. The lowest BCUT2D eigenvalue weighted by atomic mass is 10.4. The third kappa shape index (κ3) is 8.33. The SMILES string of the molecule is CCCC(=O)SOSC(=O)CCC. The van der Waals surface area contributed by atoms with Gasteiger partial charge in [0.15, 0.2) is 0 Å². The highest BCUT2D eigenvalue weighted by molar-refractivity contribution is 8.21. The van der Waals surface area contributed by atoms with Crippen molar-refractivity contribution in [3.05, 3.63) is 0 Å². The predicted octanol–water partition coefficient (Wildman–Crippen LogP) is 2.95. The van der Waals surface area contributed by atoms with Crippen molar-refractivity contribution in [3.8, 4) is 0 Å². The minimum absolute atomic E-state index is 0.0284. The van der Waals surface area contributed by atoms with Gasteiger partial charge in [0.25, 0.3) is 0 Å². The van der Waals surface area contributed by atoms with Crippen LogP contribution < -0.4 is 0 Å². The molecule has 0 amide bonds. The van der Waals surface area contributed by atoms with Crippen LogP contribution in [0.25, 0.3) is 0 Å². The van der Waals surface area contributed by atoms with Crippen LogP contribution in [0, 0.1) is 0 Å². The molecule has 0 N–H and O–H groups in total. The molecule has 0 saturated carbocycles. The van der Waals surface area contributed by atoms with Gasteiger partial charge in [-0.15, -0.1) is 0 Å². The molecule has 0 aromatic heterocycles. The van der Waals surface area contributed by atoms with E-state index in [1.807, 2.05) is 13.8 Å². The first-order chi connectivity index (χ1) is 6.20. The lowest BCUT2D eigenvalue weighted by Crippen LogP contribution is -1.92. The molecule has 0 rings (SSSR count). The first-order valence-corrected chi connectivity index (χ1v) is 5.75. The van der Waals surface area contributed by atoms with E-state index in [2.05, 4.69) is 0 Å². The Morgan fingerprint density at radius 3 is 1.69 bits per heavy atom. The van der Waals surface area contributed by atoms with E-state index in [-0.39, 0.29) is 10.2 Å². The third-order valence-electron chi connectivity index (χ3n) is 1.16. The summed E-state index contributed by atoms with van der Waals surface area (Å²) in [6.45, 7) is 3.85. The molecule has 0 heterocycles. The highest BCUT2D eigenvalue weighted by atomic mass is 32.2. The first-order valence-electron chi connectivity index (χ1n) is 4.27. The summed E-state index contributed by atoms with van der Waals surface area (Å²) in [6, 6.07) is 0. The van der Waals surface area contributed by atoms with Gasteiger partial charge in [-0.2, -0.15) is 0 Å². The van der Waals surface area contributed by atoms with Crippen molar-refractivity contribution in [1.82, 2.24) is 0 Å². The normalized spacial score (nSPS) is 10.0. The van der Waals surface area contributed by atoms with Crippen LogP contribution in [0.2, 0.25) is 0 Å². The lowest BCUT2D eigenvalue weighted by Gasteiger charge is -1.97. The van der Waals surface area contributed by atoms with Crippen LogP contribution in [0.4, 0.5) is 0 Å². The molecule has 0 aromatic carbocycles. The van der Waals surface area contributed by atoms with Crippen molar-refractivity contribution < 1.29 is 13.2 Å². The predicted molar refractivity (Wildman–Crippen MR) is 56.1 cm³/mol. The van der Waals surface area contributed by atoms with Gasteiger partial charge in [-0.3, -0.25) is 9.59 Å². The molecule has 0 bridgehead atoms. The quantitative estimate of drug-likeness (QED) is 0.646. The Bertz CT molecular complexity index is 153. The zero-order valence-electron chi connectivity index (χ0n) is 7.87. The molecule has 0 aromatic rings. The number of hydrogen-bond acceptors (Lipinski definition) is 5. The Morgan fingerprint density at radius 1 is 1.00 bits per heavy atom. The molecule has 0 radical (unpaired) electrons. The van der Waals surface area contributed by atoms with Gasteiger partial charge in [0.1, 0.15) is 0 Å². The molecule has 0 fully saturated rings. The number of carbonyl (C=O) groups excluding carboxylic acids is 2. The van der Waals surface area contributed by atoms with Crippen LogP contribution in [-0.4, -0.2) is 10.2 Å². The van der Waals surface area contributed by atoms with E-state index >= 15 is 0 Å². The van der Waals surface area contributed by atoms with E-state index in [1.54, 1.807) is 0 Å². The second-order valence-corrected chi connectivity index (χ2v) is 4.27. The van der Waals surface area contributed by atoms with Gasteiger partial charge < -0.3 is 0 Å². The highest BCUT2D eigenvalue weighted by Crippen LogP contribution is 2.19. The monoisotopic (exact) mass is 222 g/mol. The van der Waals surface area contributed by atoms with E-state index in [4.69, 9.17) is 3.63 Å². The summed E-state index contributed by atoms with van der Waals surface area (Å²) >= 11 is 1.52. The summed E-state index contributed by atoms with van der Waals surface area (Å²) in [4.78, 5) is 21.8. The molecule has 0 atom stereocenters. The Hall–Kier alpha value is -0.0000000000000000555. The van der Waals surface area contributed by atoms with Crippen molar-refractivity contribution in [3.63, 3.8) is 0 Å². The van der Waals surface area contributed by atoms with Gasteiger partial charge in [-0.1, -0.05) is 13.8 Å². The van der Waals surface area contributed by atoms with Crippen molar-refractivity contribution in [2.24, 2.45) is 0 Å². The van der Waals surface area contributed by atoms with Gasteiger partial charge in [0.05, 0.1) is 24.1 Å². The van der Waals surface area contributed by atoms with Gasteiger partial charge in [-0.25, -0.2) is 3.63 Å². The van der Waals surface area contributed by atoms with Crippen LogP contribution in [0.5, 0.6) is 0 Å². The third-order valence-corrected chi connectivity index (χ3v) is 2.49. The Kier molecular flexibility index (Phi) is 8.59. The maximum Gasteiger partial charge on any atom is 0.216 e. The fraction of sp³-hybridized carbons (Fsp3) is 0.750. The van der Waals surface area contributed by atoms with E-state index in [9.17, 15) is 9.59 Å². The Labute approximate surface area is 87.4 Å². The van der Waals surface area contributed by atoms with Gasteiger partial charge in [-0.05, 0) is 12.8 Å². The van der Waals surface area contributed by atoms with E-state index in [0.717, 1.165) is 36.9 Å². The Balaban J connectivity index is 3.33. The Morgan fingerprint density at radius 2 is 1.38 bits per heavy atom. The summed E-state index contributed by atoms with van der Waals surface area (Å²) in [5.41, 5.74) is 0. The number of rotatable bonds is 6. The summed E-state index contributed by atoms with van der Waals surface area (Å²) in [7, 11) is 0. The first kappa shape index (κ1) is 13.0. The highest BCUT2D eigenvalue weighted by Gasteiger charge is 2.06. The fourth-order valence-corrected chi connectivity index (χ4v) is 1.90. The molecule has 0 spiro atoms. The summed E-state index contributed by atoms with van der Waals surface area (Å²) in [6.07, 6.45) is 2.60. The second-order valence-electron chi connectivity index (χ2n) is 2.48. The van der Waals surface area contributed by atoms with Crippen molar-refractivity contribution in [1.29, 1.82) is 0 Å². The summed E-state index contributed by atoms with van der Waals surface area (Å²) in [5.74, 6) is 0. The lowest BCUT2D eigenvalue weighted by molar-refractivity contribution is -0.111. The average molecular weight is 222 g/mol. The average Bonchev–Trinajstić information content (AvgIpc) is 2.05. The van der Waals surface area contributed by atoms with Crippen LogP contribution in [0.1, 0.15) is 39.5 Å². The minimum atomic E-state index is -0.0284. The minimum Gasteiger partial charge on any atom is -0.285 e. The van der Waals surface area contributed by atoms with Crippen molar-refractivity contribution in [2.45, 2.75) is 39.5 Å². The molecule has 5 heteroatoms. The molecule has 0 unspecified atom stereocenters. The second kappa shape index (κ2) is 8.59. The number of hydrogen-bond donors (Lipinski definition) is 0. The van der Waals surface area contributed by atoms with Crippen LogP contribution in [-0.2, 0) is 13.2 Å². The standard InChI is InChI=1S/C8H14O3S2/c1-3-5-7(9)12-11-13-8(10)6-4-2/h3-6H2,1-2H3.